The zero-order valence-corrected chi connectivity index (χ0v) is 18.4. The monoisotopic (exact) mass is 405 g/mol. The minimum Gasteiger partial charge on any atom is -0.447 e. The Balaban J connectivity index is 2.22. The lowest BCUT2D eigenvalue weighted by atomic mass is 10.0. The van der Waals surface area contributed by atoms with Crippen LogP contribution in [-0.4, -0.2) is 50.3 Å². The van der Waals surface area contributed by atoms with E-state index in [0.717, 1.165) is 11.8 Å². The van der Waals surface area contributed by atoms with E-state index >= 15 is 0 Å². The van der Waals surface area contributed by atoms with Crippen molar-refractivity contribution >= 4 is 26.6 Å². The number of nitrogens with zero attached hydrogens (tertiary/aromatic N) is 1. The maximum atomic E-state index is 13.3. The largest absolute Gasteiger partial charge is 0.447 e. The van der Waals surface area contributed by atoms with Crippen molar-refractivity contribution in [1.82, 2.24) is 4.90 Å². The van der Waals surface area contributed by atoms with Gasteiger partial charge in [-0.1, -0.05) is 51.1 Å². The molecule has 1 fully saturated rings. The van der Waals surface area contributed by atoms with Gasteiger partial charge in [0.1, 0.15) is 19.0 Å². The number of hydrogen-bond acceptors (Lipinski definition) is 5. The topological polar surface area (TPSA) is 72.9 Å². The van der Waals surface area contributed by atoms with Gasteiger partial charge in [0.25, 0.3) is 5.91 Å². The average Bonchev–Trinajstić information content (AvgIpc) is 2.98. The standard InChI is InChI=1S/C21H31NO5Si/c1-21(2,3)28(4,5)27-18(12-9-13-23)19(24)22-17(15-26-20(22)25)14-16-10-7-6-8-11-16/h6-8,10-11,13,17-18H,9,12,14-15H2,1-5H3/t17-,18+/m1/s1. The number of carbonyl (C=O) groups is 3. The molecule has 1 aromatic rings. The van der Waals surface area contributed by atoms with Crippen molar-refractivity contribution in [2.24, 2.45) is 0 Å². The van der Waals surface area contributed by atoms with Gasteiger partial charge in [-0.25, -0.2) is 9.69 Å². The highest BCUT2D eigenvalue weighted by molar-refractivity contribution is 6.74. The van der Waals surface area contributed by atoms with Crippen molar-refractivity contribution in [3.63, 3.8) is 0 Å². The van der Waals surface area contributed by atoms with E-state index in [4.69, 9.17) is 9.16 Å². The number of cyclic esters (lactones) is 1. The predicted octanol–water partition coefficient (Wildman–Crippen LogP) is 3.95. The molecular weight excluding hydrogens is 374 g/mol. The van der Waals surface area contributed by atoms with E-state index in [1.54, 1.807) is 0 Å². The van der Waals surface area contributed by atoms with Crippen LogP contribution in [0.15, 0.2) is 30.3 Å². The van der Waals surface area contributed by atoms with E-state index in [1.807, 2.05) is 30.3 Å². The number of hydrogen-bond donors (Lipinski definition) is 0. The molecule has 28 heavy (non-hydrogen) atoms. The van der Waals surface area contributed by atoms with Gasteiger partial charge in [0.2, 0.25) is 0 Å². The van der Waals surface area contributed by atoms with Crippen LogP contribution >= 0.6 is 0 Å². The summed E-state index contributed by atoms with van der Waals surface area (Å²) in [5.74, 6) is -0.407. The molecule has 0 N–H and O–H groups in total. The fraction of sp³-hybridized carbons (Fsp3) is 0.571. The van der Waals surface area contributed by atoms with Gasteiger partial charge in [0.05, 0.1) is 6.04 Å². The maximum absolute atomic E-state index is 13.3. The normalized spacial score (nSPS) is 18.7. The smallest absolute Gasteiger partial charge is 0.417 e. The number of amides is 2. The van der Waals surface area contributed by atoms with Gasteiger partial charge in [0, 0.05) is 6.42 Å². The van der Waals surface area contributed by atoms with Crippen molar-refractivity contribution in [1.29, 1.82) is 0 Å². The summed E-state index contributed by atoms with van der Waals surface area (Å²) in [7, 11) is -2.27. The lowest BCUT2D eigenvalue weighted by Gasteiger charge is -2.39. The molecule has 7 heteroatoms. The third kappa shape index (κ3) is 5.29. The maximum Gasteiger partial charge on any atom is 0.417 e. The number of carbonyl (C=O) groups excluding carboxylic acids is 3. The number of benzene rings is 1. The number of aldehydes is 1. The molecule has 2 atom stereocenters. The molecule has 0 aliphatic carbocycles. The van der Waals surface area contributed by atoms with Gasteiger partial charge in [-0.3, -0.25) is 4.79 Å². The first kappa shape index (κ1) is 22.3. The average molecular weight is 406 g/mol. The summed E-state index contributed by atoms with van der Waals surface area (Å²) in [6, 6.07) is 9.32. The molecule has 1 aromatic carbocycles. The first-order valence-corrected chi connectivity index (χ1v) is 12.6. The molecule has 0 aromatic heterocycles. The summed E-state index contributed by atoms with van der Waals surface area (Å²) in [6.45, 7) is 10.5. The van der Waals surface area contributed by atoms with Crippen LogP contribution in [-0.2, 0) is 25.2 Å². The number of imide groups is 1. The van der Waals surface area contributed by atoms with Gasteiger partial charge in [-0.05, 0) is 36.5 Å². The van der Waals surface area contributed by atoms with Crippen LogP contribution in [0.2, 0.25) is 18.1 Å². The molecule has 6 nitrogen and oxygen atoms in total. The molecule has 0 unspecified atom stereocenters. The molecule has 0 saturated carbocycles. The molecule has 2 rings (SSSR count). The Labute approximate surface area is 168 Å². The minimum absolute atomic E-state index is 0.0956. The predicted molar refractivity (Wildman–Crippen MR) is 109 cm³/mol. The van der Waals surface area contributed by atoms with E-state index in [1.165, 1.54) is 4.90 Å². The molecule has 1 aliphatic heterocycles. The highest BCUT2D eigenvalue weighted by Gasteiger charge is 2.45. The molecule has 1 heterocycles. The molecule has 2 amide bonds. The second kappa shape index (κ2) is 9.00. The van der Waals surface area contributed by atoms with E-state index in [2.05, 4.69) is 33.9 Å². The Bertz CT molecular complexity index is 698. The summed E-state index contributed by atoms with van der Waals surface area (Å²) < 4.78 is 11.5. The van der Waals surface area contributed by atoms with Crippen LogP contribution in [0.5, 0.6) is 0 Å². The van der Waals surface area contributed by atoms with Gasteiger partial charge >= 0.3 is 6.09 Å². The first-order valence-electron chi connectivity index (χ1n) is 9.72. The number of rotatable bonds is 8. The van der Waals surface area contributed by atoms with Crippen molar-refractivity contribution < 1.29 is 23.5 Å². The van der Waals surface area contributed by atoms with Crippen LogP contribution in [0.1, 0.15) is 39.2 Å². The molecule has 1 saturated heterocycles. The summed E-state index contributed by atoms with van der Waals surface area (Å²) >= 11 is 0. The third-order valence-corrected chi connectivity index (χ3v) is 10.1. The van der Waals surface area contributed by atoms with E-state index in [0.29, 0.717) is 6.42 Å². The van der Waals surface area contributed by atoms with Gasteiger partial charge in [-0.15, -0.1) is 0 Å². The van der Waals surface area contributed by atoms with Crippen molar-refractivity contribution in [2.45, 2.75) is 70.3 Å². The minimum atomic E-state index is -2.27. The number of ether oxygens (including phenoxy) is 1. The van der Waals surface area contributed by atoms with E-state index in [-0.39, 0.29) is 30.5 Å². The molecule has 154 valence electrons. The molecule has 0 spiro atoms. The van der Waals surface area contributed by atoms with Gasteiger partial charge in [-0.2, -0.15) is 0 Å². The lowest BCUT2D eigenvalue weighted by molar-refractivity contribution is -0.137. The summed E-state index contributed by atoms with van der Waals surface area (Å²) in [4.78, 5) is 37.7. The summed E-state index contributed by atoms with van der Waals surface area (Å²) in [6.07, 6.45) is 0.307. The Morgan fingerprint density at radius 2 is 1.96 bits per heavy atom. The molecule has 1 aliphatic rings. The molecule has 0 radical (unpaired) electrons. The van der Waals surface area contributed by atoms with Gasteiger partial charge < -0.3 is 14.0 Å². The highest BCUT2D eigenvalue weighted by Crippen LogP contribution is 2.38. The van der Waals surface area contributed by atoms with Crippen molar-refractivity contribution in [2.75, 3.05) is 6.61 Å². The molecular formula is C21H31NO5Si. The van der Waals surface area contributed by atoms with E-state index in [9.17, 15) is 14.4 Å². The third-order valence-electron chi connectivity index (χ3n) is 5.58. The second-order valence-electron chi connectivity index (χ2n) is 8.74. The van der Waals surface area contributed by atoms with Crippen LogP contribution in [0, 0.1) is 0 Å². The van der Waals surface area contributed by atoms with Crippen LogP contribution in [0.4, 0.5) is 4.79 Å². The van der Waals surface area contributed by atoms with Crippen LogP contribution in [0.25, 0.3) is 0 Å². The Morgan fingerprint density at radius 1 is 1.32 bits per heavy atom. The fourth-order valence-corrected chi connectivity index (χ4v) is 4.19. The quantitative estimate of drug-likeness (QED) is 0.484. The zero-order chi connectivity index (χ0) is 20.9. The SMILES string of the molecule is CC(C)(C)[Si](C)(C)O[C@@H](CCC=O)C(=O)N1C(=O)OC[C@H]1Cc1ccccc1. The Kier molecular flexibility index (Phi) is 7.17. The van der Waals surface area contributed by atoms with Crippen molar-refractivity contribution in [3.8, 4) is 0 Å². The van der Waals surface area contributed by atoms with Crippen LogP contribution in [0.3, 0.4) is 0 Å². The van der Waals surface area contributed by atoms with Crippen LogP contribution < -0.4 is 0 Å². The lowest BCUT2D eigenvalue weighted by Crippen LogP contribution is -2.52. The summed E-state index contributed by atoms with van der Waals surface area (Å²) in [5.41, 5.74) is 1.03. The fourth-order valence-electron chi connectivity index (χ4n) is 2.91. The molecule has 0 bridgehead atoms. The Morgan fingerprint density at radius 3 is 2.54 bits per heavy atom. The highest BCUT2D eigenvalue weighted by atomic mass is 28.4. The second-order valence-corrected chi connectivity index (χ2v) is 13.5. The van der Waals surface area contributed by atoms with E-state index < -0.39 is 26.4 Å². The zero-order valence-electron chi connectivity index (χ0n) is 17.4. The summed E-state index contributed by atoms with van der Waals surface area (Å²) in [5, 5.41) is -0.0956. The first-order chi connectivity index (χ1) is 13.1. The van der Waals surface area contributed by atoms with Gasteiger partial charge in [0.15, 0.2) is 8.32 Å². The van der Waals surface area contributed by atoms with Crippen molar-refractivity contribution in [3.05, 3.63) is 35.9 Å². The Hall–Kier alpha value is -1.99.